The van der Waals surface area contributed by atoms with Crippen molar-refractivity contribution in [3.05, 3.63) is 33.3 Å². The molecule has 70 valence electrons. The molecule has 0 heterocycles. The Bertz CT molecular complexity index is 327. The highest BCUT2D eigenvalue weighted by atomic mass is 79.9. The van der Waals surface area contributed by atoms with Crippen LogP contribution in [0.25, 0.3) is 0 Å². The predicted molar refractivity (Wildman–Crippen MR) is 57.2 cm³/mol. The van der Waals surface area contributed by atoms with Crippen molar-refractivity contribution in [2.45, 2.75) is 6.42 Å². The van der Waals surface area contributed by atoms with Crippen LogP contribution in [0, 0.1) is 0 Å². The molecule has 0 atom stereocenters. The molecule has 0 bridgehead atoms. The Morgan fingerprint density at radius 1 is 1.54 bits per heavy atom. The van der Waals surface area contributed by atoms with E-state index in [0.29, 0.717) is 23.6 Å². The summed E-state index contributed by atoms with van der Waals surface area (Å²) in [5.41, 5.74) is 5.88. The number of halogens is 2. The molecule has 1 aromatic rings. The van der Waals surface area contributed by atoms with E-state index in [0.717, 1.165) is 4.47 Å². The van der Waals surface area contributed by atoms with Crippen LogP contribution in [0.4, 0.5) is 0 Å². The zero-order valence-electron chi connectivity index (χ0n) is 6.89. The molecule has 2 N–H and O–H groups in total. The van der Waals surface area contributed by atoms with Gasteiger partial charge in [0.15, 0.2) is 5.78 Å². The summed E-state index contributed by atoms with van der Waals surface area (Å²) in [6.07, 6.45) is 0.346. The number of benzene rings is 1. The summed E-state index contributed by atoms with van der Waals surface area (Å²) in [5, 5.41) is 0.559. The molecule has 0 unspecified atom stereocenters. The van der Waals surface area contributed by atoms with Crippen molar-refractivity contribution < 1.29 is 4.79 Å². The summed E-state index contributed by atoms with van der Waals surface area (Å²) in [4.78, 5) is 11.4. The standard InChI is InChI=1S/C9H9BrClNO/c10-8-2-1-6(11)5-7(8)9(13)3-4-12/h1-2,5H,3-4,12H2. The summed E-state index contributed by atoms with van der Waals surface area (Å²) in [6, 6.07) is 5.13. The van der Waals surface area contributed by atoms with Gasteiger partial charge in [-0.25, -0.2) is 0 Å². The maximum absolute atomic E-state index is 11.4. The highest BCUT2D eigenvalue weighted by Crippen LogP contribution is 2.22. The lowest BCUT2D eigenvalue weighted by atomic mass is 10.1. The number of hydrogen-bond donors (Lipinski definition) is 1. The summed E-state index contributed by atoms with van der Waals surface area (Å²) in [7, 11) is 0. The predicted octanol–water partition coefficient (Wildman–Crippen LogP) is 2.63. The lowest BCUT2D eigenvalue weighted by Gasteiger charge is -2.02. The molecule has 13 heavy (non-hydrogen) atoms. The van der Waals surface area contributed by atoms with Crippen molar-refractivity contribution in [3.8, 4) is 0 Å². The van der Waals surface area contributed by atoms with E-state index in [-0.39, 0.29) is 5.78 Å². The number of ketones is 1. The number of hydrogen-bond acceptors (Lipinski definition) is 2. The first-order valence-corrected chi connectivity index (χ1v) is 5.00. The Morgan fingerprint density at radius 3 is 2.85 bits per heavy atom. The Morgan fingerprint density at radius 2 is 2.23 bits per heavy atom. The van der Waals surface area contributed by atoms with E-state index >= 15 is 0 Å². The average molecular weight is 263 g/mol. The molecule has 0 fully saturated rings. The molecule has 0 radical (unpaired) electrons. The van der Waals surface area contributed by atoms with Crippen LogP contribution in [0.1, 0.15) is 16.8 Å². The maximum Gasteiger partial charge on any atom is 0.165 e. The minimum Gasteiger partial charge on any atom is -0.330 e. The van der Waals surface area contributed by atoms with Crippen LogP contribution < -0.4 is 5.73 Å². The topological polar surface area (TPSA) is 43.1 Å². The van der Waals surface area contributed by atoms with Crippen molar-refractivity contribution in [2.24, 2.45) is 5.73 Å². The van der Waals surface area contributed by atoms with E-state index in [9.17, 15) is 4.79 Å². The number of Topliss-reactive ketones (excluding diaryl/α,β-unsaturated/α-hetero) is 1. The zero-order chi connectivity index (χ0) is 9.84. The highest BCUT2D eigenvalue weighted by molar-refractivity contribution is 9.10. The Labute approximate surface area is 90.2 Å². The van der Waals surface area contributed by atoms with Crippen LogP contribution in [0.3, 0.4) is 0 Å². The first-order valence-electron chi connectivity index (χ1n) is 3.83. The van der Waals surface area contributed by atoms with Gasteiger partial charge in [0.2, 0.25) is 0 Å². The van der Waals surface area contributed by atoms with E-state index in [1.165, 1.54) is 0 Å². The molecule has 0 saturated heterocycles. The van der Waals surface area contributed by atoms with Crippen LogP contribution in [-0.2, 0) is 0 Å². The average Bonchev–Trinajstić information content (AvgIpc) is 2.09. The summed E-state index contributed by atoms with van der Waals surface area (Å²) in [6.45, 7) is 0.359. The second-order valence-corrected chi connectivity index (χ2v) is 3.88. The van der Waals surface area contributed by atoms with E-state index < -0.39 is 0 Å². The van der Waals surface area contributed by atoms with Gasteiger partial charge in [-0.3, -0.25) is 4.79 Å². The fraction of sp³-hybridized carbons (Fsp3) is 0.222. The monoisotopic (exact) mass is 261 g/mol. The molecular weight excluding hydrogens is 253 g/mol. The Balaban J connectivity index is 2.99. The molecule has 0 aliphatic rings. The number of carbonyl (C=O) groups excluding carboxylic acids is 1. The first kappa shape index (κ1) is 10.7. The maximum atomic E-state index is 11.4. The zero-order valence-corrected chi connectivity index (χ0v) is 9.23. The lowest BCUT2D eigenvalue weighted by molar-refractivity contribution is 0.0984. The molecule has 2 nitrogen and oxygen atoms in total. The SMILES string of the molecule is NCCC(=O)c1cc(Cl)ccc1Br. The Kier molecular flexibility index (Phi) is 3.90. The largest absolute Gasteiger partial charge is 0.330 e. The van der Waals surface area contributed by atoms with Gasteiger partial charge in [-0.2, -0.15) is 0 Å². The van der Waals surface area contributed by atoms with Crippen molar-refractivity contribution >= 4 is 33.3 Å². The second kappa shape index (κ2) is 4.74. The second-order valence-electron chi connectivity index (χ2n) is 2.59. The molecule has 1 rings (SSSR count). The third kappa shape index (κ3) is 2.79. The summed E-state index contributed by atoms with van der Waals surface area (Å²) < 4.78 is 0.760. The van der Waals surface area contributed by atoms with E-state index in [1.54, 1.807) is 18.2 Å². The third-order valence-electron chi connectivity index (χ3n) is 1.60. The first-order chi connectivity index (χ1) is 6.15. The minimum atomic E-state index is 0.0110. The van der Waals surface area contributed by atoms with Crippen LogP contribution in [0.2, 0.25) is 5.02 Å². The van der Waals surface area contributed by atoms with Gasteiger partial charge < -0.3 is 5.73 Å². The number of nitrogens with two attached hydrogens (primary N) is 1. The van der Waals surface area contributed by atoms with Gasteiger partial charge >= 0.3 is 0 Å². The van der Waals surface area contributed by atoms with Crippen molar-refractivity contribution in [1.82, 2.24) is 0 Å². The van der Waals surface area contributed by atoms with Crippen molar-refractivity contribution in [2.75, 3.05) is 6.54 Å². The van der Waals surface area contributed by atoms with Gasteiger partial charge in [0.05, 0.1) is 0 Å². The molecular formula is C9H9BrClNO. The van der Waals surface area contributed by atoms with Crippen LogP contribution in [0.5, 0.6) is 0 Å². The smallest absolute Gasteiger partial charge is 0.165 e. The van der Waals surface area contributed by atoms with Gasteiger partial charge in [0, 0.05) is 21.5 Å². The van der Waals surface area contributed by atoms with Crippen LogP contribution in [-0.4, -0.2) is 12.3 Å². The molecule has 0 aliphatic carbocycles. The van der Waals surface area contributed by atoms with Crippen molar-refractivity contribution in [1.29, 1.82) is 0 Å². The quantitative estimate of drug-likeness (QED) is 0.851. The van der Waals surface area contributed by atoms with Gasteiger partial charge in [0.25, 0.3) is 0 Å². The van der Waals surface area contributed by atoms with Gasteiger partial charge in [0.1, 0.15) is 0 Å². The molecule has 1 aromatic carbocycles. The van der Waals surface area contributed by atoms with Crippen LogP contribution >= 0.6 is 27.5 Å². The molecule has 0 aromatic heterocycles. The highest BCUT2D eigenvalue weighted by Gasteiger charge is 2.09. The third-order valence-corrected chi connectivity index (χ3v) is 2.53. The van der Waals surface area contributed by atoms with E-state index in [1.807, 2.05) is 0 Å². The molecule has 0 amide bonds. The fourth-order valence-corrected chi connectivity index (χ4v) is 1.62. The summed E-state index contributed by atoms with van der Waals surface area (Å²) >= 11 is 9.04. The normalized spacial score (nSPS) is 10.1. The van der Waals surface area contributed by atoms with Gasteiger partial charge in [-0.05, 0) is 24.7 Å². The van der Waals surface area contributed by atoms with Gasteiger partial charge in [-0.1, -0.05) is 27.5 Å². The van der Waals surface area contributed by atoms with E-state index in [2.05, 4.69) is 15.9 Å². The molecule has 0 saturated carbocycles. The number of rotatable bonds is 3. The minimum absolute atomic E-state index is 0.0110. The molecule has 0 aliphatic heterocycles. The lowest BCUT2D eigenvalue weighted by Crippen LogP contribution is -2.08. The summed E-state index contributed by atoms with van der Waals surface area (Å²) in [5.74, 6) is 0.0110. The molecule has 4 heteroatoms. The van der Waals surface area contributed by atoms with E-state index in [4.69, 9.17) is 17.3 Å². The Hall–Kier alpha value is -0.380. The number of carbonyl (C=O) groups is 1. The van der Waals surface area contributed by atoms with Crippen LogP contribution in [0.15, 0.2) is 22.7 Å². The fourth-order valence-electron chi connectivity index (χ4n) is 0.977. The van der Waals surface area contributed by atoms with Crippen molar-refractivity contribution in [3.63, 3.8) is 0 Å². The van der Waals surface area contributed by atoms with Gasteiger partial charge in [-0.15, -0.1) is 0 Å². The molecule has 0 spiro atoms.